The van der Waals surface area contributed by atoms with Crippen LogP contribution in [0, 0.1) is 11.8 Å². The average Bonchev–Trinajstić information content (AvgIpc) is 3.21. The van der Waals surface area contributed by atoms with Crippen LogP contribution in [0.25, 0.3) is 0 Å². The molecule has 194 valence electrons. The van der Waals surface area contributed by atoms with Gasteiger partial charge in [-0.25, -0.2) is 4.79 Å². The van der Waals surface area contributed by atoms with Crippen molar-refractivity contribution in [1.29, 1.82) is 0 Å². The van der Waals surface area contributed by atoms with Crippen molar-refractivity contribution in [2.75, 3.05) is 16.8 Å². The number of carbonyl (C=O) groups excluding carboxylic acids is 4. The number of amides is 3. The highest BCUT2D eigenvalue weighted by atomic mass is 16.5. The zero-order valence-corrected chi connectivity index (χ0v) is 21.3. The van der Waals surface area contributed by atoms with Crippen molar-refractivity contribution in [3.8, 4) is 0 Å². The van der Waals surface area contributed by atoms with Crippen LogP contribution in [0.3, 0.4) is 0 Å². The Morgan fingerprint density at radius 1 is 0.895 bits per heavy atom. The van der Waals surface area contributed by atoms with E-state index in [9.17, 15) is 19.2 Å². The Kier molecular flexibility index (Phi) is 7.36. The van der Waals surface area contributed by atoms with Crippen molar-refractivity contribution in [2.24, 2.45) is 11.8 Å². The van der Waals surface area contributed by atoms with Gasteiger partial charge < -0.3 is 10.1 Å². The lowest BCUT2D eigenvalue weighted by Gasteiger charge is -2.28. The number of esters is 1. The molecule has 38 heavy (non-hydrogen) atoms. The Morgan fingerprint density at radius 2 is 1.63 bits per heavy atom. The molecule has 0 radical (unpaired) electrons. The monoisotopic (exact) mass is 510 g/mol. The Hall–Kier alpha value is -4.26. The third-order valence-electron chi connectivity index (χ3n) is 7.52. The van der Waals surface area contributed by atoms with E-state index in [-0.39, 0.29) is 35.1 Å². The minimum atomic E-state index is -0.705. The normalized spacial score (nSPS) is 20.7. The molecule has 0 spiro atoms. The summed E-state index contributed by atoms with van der Waals surface area (Å²) in [6, 6.07) is 23.8. The molecule has 1 saturated heterocycles. The summed E-state index contributed by atoms with van der Waals surface area (Å²) in [5.41, 5.74) is 3.48. The van der Waals surface area contributed by atoms with Crippen LogP contribution in [0.5, 0.6) is 0 Å². The smallest absolute Gasteiger partial charge is 0.338 e. The Balaban J connectivity index is 1.23. The minimum Gasteiger partial charge on any atom is -0.452 e. The number of hydrogen-bond donors (Lipinski definition) is 1. The lowest BCUT2D eigenvalue weighted by molar-refractivity contribution is -0.122. The molecule has 1 heterocycles. The topological polar surface area (TPSA) is 92.8 Å². The highest BCUT2D eigenvalue weighted by Gasteiger charge is 2.50. The van der Waals surface area contributed by atoms with E-state index < -0.39 is 18.5 Å². The summed E-state index contributed by atoms with van der Waals surface area (Å²) in [6.45, 7) is 1.59. The molecule has 1 aliphatic carbocycles. The number of nitrogens with one attached hydrogen (secondary N) is 1. The highest BCUT2D eigenvalue weighted by Crippen LogP contribution is 2.45. The second-order valence-corrected chi connectivity index (χ2v) is 9.87. The summed E-state index contributed by atoms with van der Waals surface area (Å²) in [7, 11) is 0. The molecule has 0 unspecified atom stereocenters. The Labute approximate surface area is 221 Å². The standard InChI is InChI=1S/C31H30N2O5/c1-2-20-11-14-24(15-12-20)32-28(34)19-38-31(37)23-9-6-10-25(17-23)33-29(35)26-16-13-22(18-27(26)30(33)36)21-7-4-3-5-8-21/h3-12,14-15,17,22,26-27H,2,13,16,18-19H2,1H3,(H,32,34)/t22-,26-,27-/m1/s1. The van der Waals surface area contributed by atoms with Gasteiger partial charge in [-0.05, 0) is 73.1 Å². The summed E-state index contributed by atoms with van der Waals surface area (Å²) in [5.74, 6) is -2.07. The van der Waals surface area contributed by atoms with Crippen molar-refractivity contribution in [3.05, 3.63) is 95.6 Å². The maximum absolute atomic E-state index is 13.4. The molecule has 3 atom stereocenters. The molecule has 1 N–H and O–H groups in total. The van der Waals surface area contributed by atoms with Crippen LogP contribution in [0.1, 0.15) is 53.6 Å². The molecule has 0 aromatic heterocycles. The number of fused-ring (bicyclic) bond motifs is 1. The number of hydrogen-bond acceptors (Lipinski definition) is 5. The number of imide groups is 1. The van der Waals surface area contributed by atoms with E-state index in [0.29, 0.717) is 24.2 Å². The number of rotatable bonds is 7. The van der Waals surface area contributed by atoms with Gasteiger partial charge in [0.1, 0.15) is 0 Å². The van der Waals surface area contributed by atoms with Crippen molar-refractivity contribution in [1.82, 2.24) is 0 Å². The minimum absolute atomic E-state index is 0.167. The third kappa shape index (κ3) is 5.23. The highest BCUT2D eigenvalue weighted by molar-refractivity contribution is 6.22. The summed E-state index contributed by atoms with van der Waals surface area (Å²) >= 11 is 0. The van der Waals surface area contributed by atoms with Gasteiger partial charge in [0.25, 0.3) is 5.91 Å². The molecule has 1 aliphatic heterocycles. The summed E-state index contributed by atoms with van der Waals surface area (Å²) in [6.07, 6.45) is 3.04. The first-order chi connectivity index (χ1) is 18.4. The number of anilines is 2. The molecule has 3 aromatic carbocycles. The van der Waals surface area contributed by atoms with Crippen molar-refractivity contribution >= 4 is 35.1 Å². The van der Waals surface area contributed by atoms with Gasteiger partial charge in [0, 0.05) is 5.69 Å². The fraction of sp³-hybridized carbons (Fsp3) is 0.290. The Morgan fingerprint density at radius 3 is 2.37 bits per heavy atom. The van der Waals surface area contributed by atoms with Crippen molar-refractivity contribution < 1.29 is 23.9 Å². The first-order valence-electron chi connectivity index (χ1n) is 13.0. The molecular weight excluding hydrogens is 480 g/mol. The van der Waals surface area contributed by atoms with Gasteiger partial charge in [0.2, 0.25) is 11.8 Å². The van der Waals surface area contributed by atoms with Gasteiger partial charge in [-0.1, -0.05) is 55.5 Å². The van der Waals surface area contributed by atoms with Crippen molar-refractivity contribution in [3.63, 3.8) is 0 Å². The van der Waals surface area contributed by atoms with Crippen LogP contribution in [-0.2, 0) is 25.5 Å². The van der Waals surface area contributed by atoms with E-state index in [2.05, 4.69) is 17.4 Å². The van der Waals surface area contributed by atoms with E-state index in [1.807, 2.05) is 37.3 Å². The van der Waals surface area contributed by atoms with Gasteiger partial charge in [-0.15, -0.1) is 0 Å². The summed E-state index contributed by atoms with van der Waals surface area (Å²) < 4.78 is 5.20. The number of nitrogens with zero attached hydrogens (tertiary/aromatic N) is 1. The van der Waals surface area contributed by atoms with Gasteiger partial charge in [-0.2, -0.15) is 0 Å². The number of ether oxygens (including phenoxy) is 1. The predicted octanol–water partition coefficient (Wildman–Crippen LogP) is 5.12. The average molecular weight is 511 g/mol. The van der Waals surface area contributed by atoms with E-state index in [4.69, 9.17) is 4.74 Å². The van der Waals surface area contributed by atoms with Crippen LogP contribution in [-0.4, -0.2) is 30.3 Å². The van der Waals surface area contributed by atoms with Crippen molar-refractivity contribution in [2.45, 2.75) is 38.5 Å². The molecule has 0 bridgehead atoms. The molecule has 7 heteroatoms. The molecule has 3 amide bonds. The van der Waals surface area contributed by atoms with Crippen LogP contribution in [0.2, 0.25) is 0 Å². The maximum Gasteiger partial charge on any atom is 0.338 e. The van der Waals surface area contributed by atoms with Crippen LogP contribution >= 0.6 is 0 Å². The lowest BCUT2D eigenvalue weighted by atomic mass is 9.73. The van der Waals surface area contributed by atoms with E-state index >= 15 is 0 Å². The number of carbonyl (C=O) groups is 4. The quantitative estimate of drug-likeness (QED) is 0.352. The maximum atomic E-state index is 13.4. The first kappa shape index (κ1) is 25.4. The summed E-state index contributed by atoms with van der Waals surface area (Å²) in [4.78, 5) is 52.8. The van der Waals surface area contributed by atoms with E-state index in [1.54, 1.807) is 24.3 Å². The van der Waals surface area contributed by atoms with Crippen LogP contribution < -0.4 is 10.2 Å². The second kappa shape index (κ2) is 11.0. The zero-order chi connectivity index (χ0) is 26.6. The van der Waals surface area contributed by atoms with E-state index in [0.717, 1.165) is 18.4 Å². The van der Waals surface area contributed by atoms with Crippen LogP contribution in [0.4, 0.5) is 11.4 Å². The molecule has 7 nitrogen and oxygen atoms in total. The van der Waals surface area contributed by atoms with Gasteiger partial charge in [-0.3, -0.25) is 19.3 Å². The fourth-order valence-corrected chi connectivity index (χ4v) is 5.47. The van der Waals surface area contributed by atoms with E-state index in [1.165, 1.54) is 22.6 Å². The van der Waals surface area contributed by atoms with Gasteiger partial charge in [0.05, 0.1) is 23.1 Å². The molecular formula is C31H30N2O5. The zero-order valence-electron chi connectivity index (χ0n) is 21.3. The summed E-state index contributed by atoms with van der Waals surface area (Å²) in [5, 5.41) is 2.70. The van der Waals surface area contributed by atoms with Gasteiger partial charge >= 0.3 is 5.97 Å². The van der Waals surface area contributed by atoms with Gasteiger partial charge in [0.15, 0.2) is 6.61 Å². The molecule has 2 fully saturated rings. The Bertz CT molecular complexity index is 1350. The first-order valence-corrected chi connectivity index (χ1v) is 13.0. The number of benzene rings is 3. The molecule has 2 aliphatic rings. The predicted molar refractivity (Wildman–Crippen MR) is 144 cm³/mol. The fourth-order valence-electron chi connectivity index (χ4n) is 5.47. The van der Waals surface area contributed by atoms with Crippen LogP contribution in [0.15, 0.2) is 78.9 Å². The number of aryl methyl sites for hydroxylation is 1. The molecule has 1 saturated carbocycles. The second-order valence-electron chi connectivity index (χ2n) is 9.87. The largest absolute Gasteiger partial charge is 0.452 e. The third-order valence-corrected chi connectivity index (χ3v) is 7.52. The molecule has 3 aromatic rings. The lowest BCUT2D eigenvalue weighted by Crippen LogP contribution is -2.31. The molecule has 5 rings (SSSR count). The SMILES string of the molecule is CCc1ccc(NC(=O)COC(=O)c2cccc(N3C(=O)[C@@H]4CC[C@@H](c5ccccc5)C[C@H]4C3=O)c2)cc1.